The molecule has 1 unspecified atom stereocenters. The lowest BCUT2D eigenvalue weighted by Crippen LogP contribution is -2.50. The highest BCUT2D eigenvalue weighted by Crippen LogP contribution is 2.26. The van der Waals surface area contributed by atoms with Crippen LogP contribution in [0.3, 0.4) is 0 Å². The Morgan fingerprint density at radius 2 is 1.97 bits per heavy atom. The quantitative estimate of drug-likeness (QED) is 0.404. The second kappa shape index (κ2) is 9.73. The number of amides is 2. The molecule has 10 nitrogen and oxygen atoms in total. The number of aromatic nitrogens is 2. The SMILES string of the molecule is N=C(c1ccc(CNC(=O)C2CNC(=O)CO2)cc1)c1c(N)ncnc1NC1CCCC1. The van der Waals surface area contributed by atoms with E-state index >= 15 is 0 Å². The minimum Gasteiger partial charge on any atom is -0.383 e. The number of nitrogen functional groups attached to an aromatic ring is 1. The Balaban J connectivity index is 1.40. The van der Waals surface area contributed by atoms with Crippen LogP contribution in [0.2, 0.25) is 0 Å². The highest BCUT2D eigenvalue weighted by atomic mass is 16.5. The van der Waals surface area contributed by atoms with Crippen LogP contribution in [0.1, 0.15) is 42.4 Å². The van der Waals surface area contributed by atoms with E-state index in [-0.39, 0.29) is 36.5 Å². The van der Waals surface area contributed by atoms with Crippen LogP contribution in [0, 0.1) is 5.41 Å². The van der Waals surface area contributed by atoms with E-state index in [0.717, 1.165) is 18.4 Å². The second-order valence-corrected chi connectivity index (χ2v) is 8.00. The van der Waals surface area contributed by atoms with Crippen LogP contribution in [0.4, 0.5) is 11.6 Å². The summed E-state index contributed by atoms with van der Waals surface area (Å²) in [5.74, 6) is 0.350. The minimum absolute atomic E-state index is 0.112. The molecule has 10 heteroatoms. The van der Waals surface area contributed by atoms with E-state index in [4.69, 9.17) is 15.9 Å². The molecule has 2 amide bonds. The molecule has 1 aliphatic heterocycles. The molecule has 1 aromatic carbocycles. The number of nitrogens with two attached hydrogens (primary N) is 1. The molecule has 0 radical (unpaired) electrons. The Bertz CT molecular complexity index is 993. The van der Waals surface area contributed by atoms with Gasteiger partial charge in [-0.1, -0.05) is 37.1 Å². The first-order chi connectivity index (χ1) is 15.5. The molecule has 2 aliphatic rings. The average molecular weight is 438 g/mol. The molecule has 0 bridgehead atoms. The maximum Gasteiger partial charge on any atom is 0.251 e. The van der Waals surface area contributed by atoms with Gasteiger partial charge in [-0.2, -0.15) is 0 Å². The molecule has 32 heavy (non-hydrogen) atoms. The first-order valence-electron chi connectivity index (χ1n) is 10.7. The van der Waals surface area contributed by atoms with Gasteiger partial charge in [0, 0.05) is 18.2 Å². The summed E-state index contributed by atoms with van der Waals surface area (Å²) in [7, 11) is 0. The normalized spacial score (nSPS) is 18.8. The smallest absolute Gasteiger partial charge is 0.251 e. The van der Waals surface area contributed by atoms with Crippen LogP contribution in [0.15, 0.2) is 30.6 Å². The second-order valence-electron chi connectivity index (χ2n) is 8.00. The van der Waals surface area contributed by atoms with Gasteiger partial charge in [-0.15, -0.1) is 0 Å². The topological polar surface area (TPSA) is 155 Å². The number of ether oxygens (including phenoxy) is 1. The monoisotopic (exact) mass is 437 g/mol. The lowest BCUT2D eigenvalue weighted by Gasteiger charge is -2.22. The number of hydrogen-bond acceptors (Lipinski definition) is 8. The molecule has 1 aliphatic carbocycles. The molecular weight excluding hydrogens is 410 g/mol. The van der Waals surface area contributed by atoms with E-state index in [9.17, 15) is 9.59 Å². The van der Waals surface area contributed by atoms with Crippen molar-refractivity contribution in [1.29, 1.82) is 5.41 Å². The van der Waals surface area contributed by atoms with E-state index < -0.39 is 6.10 Å². The van der Waals surface area contributed by atoms with Gasteiger partial charge in [-0.3, -0.25) is 15.0 Å². The third-order valence-electron chi connectivity index (χ3n) is 5.72. The number of nitrogens with one attached hydrogen (secondary N) is 4. The van der Waals surface area contributed by atoms with Crippen LogP contribution < -0.4 is 21.7 Å². The molecule has 168 valence electrons. The zero-order chi connectivity index (χ0) is 22.5. The van der Waals surface area contributed by atoms with E-state index in [1.54, 1.807) is 0 Å². The highest BCUT2D eigenvalue weighted by molar-refractivity contribution is 6.16. The summed E-state index contributed by atoms with van der Waals surface area (Å²) in [6.45, 7) is 0.364. The Kier molecular flexibility index (Phi) is 6.60. The predicted molar refractivity (Wildman–Crippen MR) is 119 cm³/mol. The highest BCUT2D eigenvalue weighted by Gasteiger charge is 2.25. The van der Waals surface area contributed by atoms with Crippen molar-refractivity contribution in [3.05, 3.63) is 47.3 Å². The molecule has 1 aromatic heterocycles. The number of morpholine rings is 1. The molecule has 2 heterocycles. The minimum atomic E-state index is -0.688. The van der Waals surface area contributed by atoms with Gasteiger partial charge < -0.3 is 26.4 Å². The first-order valence-corrected chi connectivity index (χ1v) is 10.7. The number of nitrogens with zero attached hydrogens (tertiary/aromatic N) is 2. The molecule has 1 saturated carbocycles. The largest absolute Gasteiger partial charge is 0.383 e. The van der Waals surface area contributed by atoms with Crippen molar-refractivity contribution < 1.29 is 14.3 Å². The molecule has 2 aromatic rings. The summed E-state index contributed by atoms with van der Waals surface area (Å²) in [6.07, 6.45) is 5.25. The summed E-state index contributed by atoms with van der Waals surface area (Å²) in [5, 5.41) is 17.5. The Morgan fingerprint density at radius 1 is 1.22 bits per heavy atom. The summed E-state index contributed by atoms with van der Waals surface area (Å²) >= 11 is 0. The van der Waals surface area contributed by atoms with Gasteiger partial charge in [0.1, 0.15) is 24.6 Å². The van der Waals surface area contributed by atoms with Gasteiger partial charge in [-0.25, -0.2) is 9.97 Å². The molecule has 1 atom stereocenters. The molecule has 6 N–H and O–H groups in total. The summed E-state index contributed by atoms with van der Waals surface area (Å²) in [6, 6.07) is 7.65. The Hall–Kier alpha value is -3.53. The van der Waals surface area contributed by atoms with Crippen molar-refractivity contribution in [1.82, 2.24) is 20.6 Å². The van der Waals surface area contributed by atoms with Gasteiger partial charge >= 0.3 is 0 Å². The fraction of sp³-hybridized carbons (Fsp3) is 0.409. The van der Waals surface area contributed by atoms with Gasteiger partial charge in [0.15, 0.2) is 6.10 Å². The van der Waals surface area contributed by atoms with Gasteiger partial charge in [0.05, 0.1) is 17.8 Å². The lowest BCUT2D eigenvalue weighted by atomic mass is 10.0. The number of anilines is 2. The maximum atomic E-state index is 12.2. The Labute approximate surface area is 185 Å². The van der Waals surface area contributed by atoms with Crippen LogP contribution in [-0.2, 0) is 20.9 Å². The van der Waals surface area contributed by atoms with E-state index in [1.807, 2.05) is 24.3 Å². The zero-order valence-electron chi connectivity index (χ0n) is 17.7. The van der Waals surface area contributed by atoms with Crippen LogP contribution >= 0.6 is 0 Å². The fourth-order valence-corrected chi connectivity index (χ4v) is 3.92. The van der Waals surface area contributed by atoms with E-state index in [2.05, 4.69) is 25.9 Å². The lowest BCUT2D eigenvalue weighted by molar-refractivity contribution is -0.143. The average Bonchev–Trinajstić information content (AvgIpc) is 3.31. The van der Waals surface area contributed by atoms with Crippen LogP contribution in [0.25, 0.3) is 0 Å². The van der Waals surface area contributed by atoms with Crippen LogP contribution in [-0.4, -0.2) is 52.8 Å². The van der Waals surface area contributed by atoms with Crippen molar-refractivity contribution in [3.8, 4) is 0 Å². The standard InChI is InChI=1S/C22H27N7O3/c23-19(18-20(24)27-12-28-21(18)29-15-3-1-2-4-15)14-7-5-13(6-8-14)9-26-22(31)16-10-25-17(30)11-32-16/h5-8,12,15-16,23H,1-4,9-11H2,(H,25,30)(H,26,31)(H3,24,27,28,29). The van der Waals surface area contributed by atoms with Crippen molar-refractivity contribution in [3.63, 3.8) is 0 Å². The predicted octanol–water partition coefficient (Wildman–Crippen LogP) is 0.961. The van der Waals surface area contributed by atoms with Crippen molar-refractivity contribution >= 4 is 29.2 Å². The van der Waals surface area contributed by atoms with Crippen LogP contribution in [0.5, 0.6) is 0 Å². The summed E-state index contributed by atoms with van der Waals surface area (Å²) in [4.78, 5) is 31.7. The summed E-state index contributed by atoms with van der Waals surface area (Å²) < 4.78 is 5.23. The van der Waals surface area contributed by atoms with Crippen molar-refractivity contribution in [2.45, 2.75) is 44.4 Å². The van der Waals surface area contributed by atoms with Gasteiger partial charge in [0.2, 0.25) is 5.91 Å². The maximum absolute atomic E-state index is 12.2. The van der Waals surface area contributed by atoms with Crippen molar-refractivity contribution in [2.75, 3.05) is 24.2 Å². The number of benzene rings is 1. The van der Waals surface area contributed by atoms with Gasteiger partial charge in [-0.05, 0) is 18.4 Å². The van der Waals surface area contributed by atoms with Gasteiger partial charge in [0.25, 0.3) is 5.91 Å². The molecule has 2 fully saturated rings. The van der Waals surface area contributed by atoms with E-state index in [1.165, 1.54) is 19.2 Å². The first kappa shape index (κ1) is 21.7. The molecule has 0 spiro atoms. The fourth-order valence-electron chi connectivity index (χ4n) is 3.92. The number of carbonyl (C=O) groups is 2. The Morgan fingerprint density at radius 3 is 2.66 bits per heavy atom. The summed E-state index contributed by atoms with van der Waals surface area (Å²) in [5.41, 5.74) is 8.39. The number of hydrogen-bond donors (Lipinski definition) is 5. The third-order valence-corrected chi connectivity index (χ3v) is 5.72. The zero-order valence-corrected chi connectivity index (χ0v) is 17.7. The third kappa shape index (κ3) is 5.02. The molecular formula is C22H27N7O3. The number of rotatable bonds is 7. The van der Waals surface area contributed by atoms with E-state index in [0.29, 0.717) is 29.5 Å². The number of carbonyl (C=O) groups excluding carboxylic acids is 2. The molecule has 4 rings (SSSR count). The molecule has 1 saturated heterocycles. The van der Waals surface area contributed by atoms with Crippen molar-refractivity contribution in [2.24, 2.45) is 0 Å².